The minimum absolute atomic E-state index is 0.0152. The van der Waals surface area contributed by atoms with Crippen LogP contribution in [-0.4, -0.2) is 60.0 Å². The Labute approximate surface area is 165 Å². The second-order valence-electron chi connectivity index (χ2n) is 7.42. The van der Waals surface area contributed by atoms with Gasteiger partial charge in [-0.15, -0.1) is 0 Å². The predicted octanol–water partition coefficient (Wildman–Crippen LogP) is 2.39. The third-order valence-corrected chi connectivity index (χ3v) is 5.51. The number of amides is 1. The van der Waals surface area contributed by atoms with Crippen LogP contribution in [0.3, 0.4) is 0 Å². The van der Waals surface area contributed by atoms with Gasteiger partial charge < -0.3 is 14.8 Å². The van der Waals surface area contributed by atoms with Crippen LogP contribution < -0.4 is 10.1 Å². The first kappa shape index (κ1) is 19.0. The zero-order valence-corrected chi connectivity index (χ0v) is 16.4. The molecule has 1 aromatic heterocycles. The molecule has 1 unspecified atom stereocenters. The molecule has 7 nitrogen and oxygen atoms in total. The van der Waals surface area contributed by atoms with E-state index in [1.165, 1.54) is 0 Å². The van der Waals surface area contributed by atoms with Crippen LogP contribution in [0.15, 0.2) is 30.5 Å². The predicted molar refractivity (Wildman–Crippen MR) is 107 cm³/mol. The smallest absolute Gasteiger partial charge is 0.226 e. The van der Waals surface area contributed by atoms with Gasteiger partial charge in [-0.1, -0.05) is 18.2 Å². The van der Waals surface area contributed by atoms with Gasteiger partial charge in [0, 0.05) is 43.6 Å². The summed E-state index contributed by atoms with van der Waals surface area (Å²) in [5.74, 6) is 1.63. The number of carbonyl (C=O) groups excluding carboxylic acids is 1. The molecule has 4 rings (SSSR count). The number of unbranched alkanes of at least 4 members (excludes halogenated alkanes) is 1. The van der Waals surface area contributed by atoms with Gasteiger partial charge >= 0.3 is 0 Å². The van der Waals surface area contributed by atoms with Crippen LogP contribution in [0.4, 0.5) is 5.82 Å². The highest BCUT2D eigenvalue weighted by molar-refractivity contribution is 5.94. The number of benzene rings is 1. The quantitative estimate of drug-likeness (QED) is 0.743. The molecule has 28 heavy (non-hydrogen) atoms. The van der Waals surface area contributed by atoms with Crippen LogP contribution in [0, 0.1) is 0 Å². The number of anilines is 1. The van der Waals surface area contributed by atoms with Crippen LogP contribution in [0.1, 0.15) is 36.3 Å². The van der Waals surface area contributed by atoms with E-state index in [9.17, 15) is 4.79 Å². The van der Waals surface area contributed by atoms with E-state index in [0.717, 1.165) is 68.4 Å². The van der Waals surface area contributed by atoms with E-state index in [1.807, 2.05) is 31.4 Å². The minimum Gasteiger partial charge on any atom is -0.493 e. The number of rotatable bonds is 7. The van der Waals surface area contributed by atoms with E-state index in [1.54, 1.807) is 4.68 Å². The molecule has 1 amide bonds. The van der Waals surface area contributed by atoms with Crippen molar-refractivity contribution in [3.05, 3.63) is 41.6 Å². The molecule has 2 aromatic rings. The zero-order chi connectivity index (χ0) is 19.3. The van der Waals surface area contributed by atoms with Crippen molar-refractivity contribution >= 4 is 11.7 Å². The summed E-state index contributed by atoms with van der Waals surface area (Å²) in [7, 11) is 1.85. The number of nitrogens with zero attached hydrogens (tertiary/aromatic N) is 3. The van der Waals surface area contributed by atoms with Gasteiger partial charge in [-0.25, -0.2) is 0 Å². The molecule has 2 aliphatic heterocycles. The van der Waals surface area contributed by atoms with Crippen molar-refractivity contribution < 1.29 is 14.3 Å². The molecule has 0 radical (unpaired) electrons. The second-order valence-corrected chi connectivity index (χ2v) is 7.42. The van der Waals surface area contributed by atoms with Crippen LogP contribution in [0.25, 0.3) is 0 Å². The number of aromatic nitrogens is 2. The van der Waals surface area contributed by atoms with E-state index in [4.69, 9.17) is 9.47 Å². The zero-order valence-electron chi connectivity index (χ0n) is 16.4. The highest BCUT2D eigenvalue weighted by Gasteiger charge is 2.31. The minimum atomic E-state index is -0.0259. The van der Waals surface area contributed by atoms with Gasteiger partial charge in [0.2, 0.25) is 5.91 Å². The summed E-state index contributed by atoms with van der Waals surface area (Å²) in [5.41, 5.74) is 2.10. The number of carbonyl (C=O) groups is 1. The van der Waals surface area contributed by atoms with E-state index in [0.29, 0.717) is 13.0 Å². The van der Waals surface area contributed by atoms with Crippen LogP contribution >= 0.6 is 0 Å². The van der Waals surface area contributed by atoms with Gasteiger partial charge in [0.25, 0.3) is 0 Å². The summed E-state index contributed by atoms with van der Waals surface area (Å²) < 4.78 is 13.2. The number of fused-ring (bicyclic) bond motifs is 1. The topological polar surface area (TPSA) is 68.6 Å². The first-order valence-corrected chi connectivity index (χ1v) is 10.1. The molecule has 7 heteroatoms. The Morgan fingerprint density at radius 3 is 2.89 bits per heavy atom. The number of para-hydroxylation sites is 1. The number of hydrogen-bond acceptors (Lipinski definition) is 5. The van der Waals surface area contributed by atoms with Gasteiger partial charge in [-0.05, 0) is 25.5 Å². The molecule has 1 atom stereocenters. The lowest BCUT2D eigenvalue weighted by Crippen LogP contribution is -2.36. The summed E-state index contributed by atoms with van der Waals surface area (Å²) in [6.45, 7) is 5.52. The summed E-state index contributed by atoms with van der Waals surface area (Å²) in [6.07, 6.45) is 4.38. The van der Waals surface area contributed by atoms with Crippen molar-refractivity contribution in [2.45, 2.75) is 25.2 Å². The van der Waals surface area contributed by atoms with Crippen molar-refractivity contribution in [3.63, 3.8) is 0 Å². The van der Waals surface area contributed by atoms with Crippen LogP contribution in [-0.2, 0) is 16.6 Å². The Morgan fingerprint density at radius 1 is 1.21 bits per heavy atom. The first-order chi connectivity index (χ1) is 13.7. The molecule has 0 aliphatic carbocycles. The Balaban J connectivity index is 1.38. The molecule has 0 bridgehead atoms. The molecule has 2 aliphatic rings. The van der Waals surface area contributed by atoms with E-state index in [2.05, 4.69) is 21.4 Å². The molecule has 0 spiro atoms. The number of aryl methyl sites for hydroxylation is 1. The molecular weight excluding hydrogens is 356 g/mol. The maximum absolute atomic E-state index is 12.2. The van der Waals surface area contributed by atoms with E-state index in [-0.39, 0.29) is 11.8 Å². The van der Waals surface area contributed by atoms with E-state index < -0.39 is 0 Å². The lowest BCUT2D eigenvalue weighted by atomic mass is 9.87. The maximum atomic E-state index is 12.2. The average Bonchev–Trinajstić information content (AvgIpc) is 3.09. The lowest BCUT2D eigenvalue weighted by Gasteiger charge is -2.26. The standard InChI is InChI=1S/C21H28N4O3/c1-24-21-18(15-22-24)17(14-20(26)23-21)16-6-2-3-7-19(16)28-11-5-4-8-25-9-12-27-13-10-25/h2-3,6-7,15,17H,4-5,8-14H2,1H3,(H,23,26). The molecule has 1 fully saturated rings. The molecular formula is C21H28N4O3. The number of nitrogens with one attached hydrogen (secondary N) is 1. The van der Waals surface area contributed by atoms with Crippen molar-refractivity contribution in [2.75, 3.05) is 44.8 Å². The second kappa shape index (κ2) is 8.75. The first-order valence-electron chi connectivity index (χ1n) is 10.1. The molecule has 1 aromatic carbocycles. The molecule has 150 valence electrons. The number of ether oxygens (including phenoxy) is 2. The normalized spacial score (nSPS) is 19.9. The summed E-state index contributed by atoms with van der Waals surface area (Å²) in [6, 6.07) is 8.05. The largest absolute Gasteiger partial charge is 0.493 e. The Morgan fingerprint density at radius 2 is 2.04 bits per heavy atom. The molecule has 1 N–H and O–H groups in total. The van der Waals surface area contributed by atoms with Crippen molar-refractivity contribution in [1.29, 1.82) is 0 Å². The van der Waals surface area contributed by atoms with E-state index >= 15 is 0 Å². The van der Waals surface area contributed by atoms with Crippen molar-refractivity contribution in [1.82, 2.24) is 14.7 Å². The summed E-state index contributed by atoms with van der Waals surface area (Å²) >= 11 is 0. The fourth-order valence-corrected chi connectivity index (χ4v) is 3.96. The summed E-state index contributed by atoms with van der Waals surface area (Å²) in [5, 5.41) is 7.24. The van der Waals surface area contributed by atoms with Gasteiger partial charge in [0.1, 0.15) is 11.6 Å². The maximum Gasteiger partial charge on any atom is 0.226 e. The van der Waals surface area contributed by atoms with Crippen LogP contribution in [0.5, 0.6) is 5.75 Å². The SMILES string of the molecule is Cn1ncc2c1NC(=O)CC2c1ccccc1OCCCCN1CCOCC1. The highest BCUT2D eigenvalue weighted by Crippen LogP contribution is 2.40. The fraction of sp³-hybridized carbons (Fsp3) is 0.524. The third kappa shape index (κ3) is 4.20. The Bertz CT molecular complexity index is 814. The Hall–Kier alpha value is -2.38. The van der Waals surface area contributed by atoms with Crippen LogP contribution in [0.2, 0.25) is 0 Å². The number of morpholine rings is 1. The lowest BCUT2D eigenvalue weighted by molar-refractivity contribution is -0.116. The fourth-order valence-electron chi connectivity index (χ4n) is 3.96. The van der Waals surface area contributed by atoms with Gasteiger partial charge in [-0.2, -0.15) is 5.10 Å². The third-order valence-electron chi connectivity index (χ3n) is 5.51. The molecule has 3 heterocycles. The molecule has 1 saturated heterocycles. The van der Waals surface area contributed by atoms with Crippen molar-refractivity contribution in [2.24, 2.45) is 7.05 Å². The Kier molecular flexibility index (Phi) is 5.92. The van der Waals surface area contributed by atoms with Gasteiger partial charge in [-0.3, -0.25) is 14.4 Å². The number of hydrogen-bond donors (Lipinski definition) is 1. The van der Waals surface area contributed by atoms with Gasteiger partial charge in [0.05, 0.1) is 26.0 Å². The average molecular weight is 384 g/mol. The van der Waals surface area contributed by atoms with Gasteiger partial charge in [0.15, 0.2) is 0 Å². The van der Waals surface area contributed by atoms with Crippen molar-refractivity contribution in [3.8, 4) is 5.75 Å². The molecule has 0 saturated carbocycles. The summed E-state index contributed by atoms with van der Waals surface area (Å²) in [4.78, 5) is 14.7. The monoisotopic (exact) mass is 384 g/mol. The highest BCUT2D eigenvalue weighted by atomic mass is 16.5.